The summed E-state index contributed by atoms with van der Waals surface area (Å²) < 4.78 is 1.04. The average Bonchev–Trinajstić information content (AvgIpc) is 2.29. The van der Waals surface area contributed by atoms with Crippen molar-refractivity contribution in [2.24, 2.45) is 5.41 Å². The van der Waals surface area contributed by atoms with Crippen LogP contribution in [0.15, 0.2) is 22.7 Å². The molecule has 0 aromatic heterocycles. The molecule has 0 unspecified atom stereocenters. The van der Waals surface area contributed by atoms with Crippen molar-refractivity contribution < 1.29 is 0 Å². The maximum atomic E-state index is 9.15. The van der Waals surface area contributed by atoms with Crippen LogP contribution in [0.5, 0.6) is 0 Å². The Morgan fingerprint density at radius 3 is 2.53 bits per heavy atom. The number of piperidine rings is 1. The van der Waals surface area contributed by atoms with E-state index in [1.807, 2.05) is 12.1 Å². The molecule has 0 bridgehead atoms. The summed E-state index contributed by atoms with van der Waals surface area (Å²) in [7, 11) is 0. The minimum atomic E-state index is 0.440. The van der Waals surface area contributed by atoms with Gasteiger partial charge >= 0.3 is 0 Å². The summed E-state index contributed by atoms with van der Waals surface area (Å²) in [5.41, 5.74) is 2.28. The number of halogens is 1. The highest BCUT2D eigenvalue weighted by Crippen LogP contribution is 2.34. The molecule has 1 aliphatic rings. The lowest BCUT2D eigenvalue weighted by Crippen LogP contribution is -2.37. The highest BCUT2D eigenvalue weighted by atomic mass is 79.9. The number of benzene rings is 1. The zero-order valence-corrected chi connectivity index (χ0v) is 11.9. The quantitative estimate of drug-likeness (QED) is 0.784. The van der Waals surface area contributed by atoms with Gasteiger partial charge in [0.05, 0.1) is 11.3 Å². The van der Waals surface area contributed by atoms with Crippen molar-refractivity contribution in [2.75, 3.05) is 18.0 Å². The zero-order valence-electron chi connectivity index (χ0n) is 10.3. The summed E-state index contributed by atoms with van der Waals surface area (Å²) in [5.74, 6) is 0. The first-order valence-corrected chi connectivity index (χ1v) is 6.76. The molecule has 2 nitrogen and oxygen atoms in total. The standard InChI is InChI=1S/C14H17BrN2/c1-14(2)5-7-17(8-6-14)13-9-12(15)4-3-11(13)10-16/h3-4,9H,5-8H2,1-2H3. The number of rotatable bonds is 1. The molecule has 3 heteroatoms. The van der Waals surface area contributed by atoms with E-state index in [4.69, 9.17) is 5.26 Å². The Balaban J connectivity index is 2.24. The highest BCUT2D eigenvalue weighted by Gasteiger charge is 2.26. The van der Waals surface area contributed by atoms with Crippen molar-refractivity contribution in [3.05, 3.63) is 28.2 Å². The van der Waals surface area contributed by atoms with Crippen molar-refractivity contribution in [3.8, 4) is 6.07 Å². The predicted molar refractivity (Wildman–Crippen MR) is 74.1 cm³/mol. The second kappa shape index (κ2) is 4.70. The van der Waals surface area contributed by atoms with Crippen LogP contribution in [0.2, 0.25) is 0 Å². The molecular weight excluding hydrogens is 276 g/mol. The van der Waals surface area contributed by atoms with Crippen LogP contribution in [0, 0.1) is 16.7 Å². The van der Waals surface area contributed by atoms with Gasteiger partial charge in [-0.2, -0.15) is 5.26 Å². The van der Waals surface area contributed by atoms with Crippen molar-refractivity contribution in [1.29, 1.82) is 5.26 Å². The Morgan fingerprint density at radius 1 is 1.29 bits per heavy atom. The molecule has 17 heavy (non-hydrogen) atoms. The molecule has 0 radical (unpaired) electrons. The first-order chi connectivity index (χ1) is 8.02. The fourth-order valence-corrected chi connectivity index (χ4v) is 2.56. The van der Waals surface area contributed by atoms with Gasteiger partial charge in [-0.05, 0) is 36.5 Å². The summed E-state index contributed by atoms with van der Waals surface area (Å²) in [6.07, 6.45) is 2.37. The number of hydrogen-bond acceptors (Lipinski definition) is 2. The maximum Gasteiger partial charge on any atom is 0.101 e. The first-order valence-electron chi connectivity index (χ1n) is 5.96. The second-order valence-corrected chi connectivity index (χ2v) is 6.34. The lowest BCUT2D eigenvalue weighted by atomic mass is 9.82. The SMILES string of the molecule is CC1(C)CCN(c2cc(Br)ccc2C#N)CC1. The van der Waals surface area contributed by atoms with Crippen LogP contribution < -0.4 is 4.90 Å². The Bertz CT molecular complexity index is 450. The fourth-order valence-electron chi connectivity index (χ4n) is 2.21. The Morgan fingerprint density at radius 2 is 1.94 bits per heavy atom. The van der Waals surface area contributed by atoms with Crippen LogP contribution in [-0.4, -0.2) is 13.1 Å². The van der Waals surface area contributed by atoms with Gasteiger partial charge in [0.2, 0.25) is 0 Å². The van der Waals surface area contributed by atoms with E-state index in [0.29, 0.717) is 5.41 Å². The van der Waals surface area contributed by atoms with E-state index < -0.39 is 0 Å². The molecule has 0 aliphatic carbocycles. The van der Waals surface area contributed by atoms with Gasteiger partial charge in [0.1, 0.15) is 6.07 Å². The van der Waals surface area contributed by atoms with Gasteiger partial charge in [-0.25, -0.2) is 0 Å². The van der Waals surface area contributed by atoms with Crippen LogP contribution in [0.3, 0.4) is 0 Å². The first kappa shape index (κ1) is 12.4. The molecule has 1 saturated heterocycles. The van der Waals surface area contributed by atoms with Crippen molar-refractivity contribution in [3.63, 3.8) is 0 Å². The summed E-state index contributed by atoms with van der Waals surface area (Å²) in [4.78, 5) is 2.33. The Hall–Kier alpha value is -1.01. The lowest BCUT2D eigenvalue weighted by molar-refractivity contribution is 0.280. The second-order valence-electron chi connectivity index (χ2n) is 5.42. The Kier molecular flexibility index (Phi) is 3.44. The number of hydrogen-bond donors (Lipinski definition) is 0. The minimum absolute atomic E-state index is 0.440. The van der Waals surface area contributed by atoms with Crippen LogP contribution in [-0.2, 0) is 0 Å². The van der Waals surface area contributed by atoms with E-state index in [9.17, 15) is 0 Å². The van der Waals surface area contributed by atoms with Gasteiger partial charge in [-0.3, -0.25) is 0 Å². The molecule has 0 N–H and O–H groups in total. The topological polar surface area (TPSA) is 27.0 Å². The normalized spacial score (nSPS) is 18.8. The van der Waals surface area contributed by atoms with E-state index in [0.717, 1.165) is 28.8 Å². The Labute approximate surface area is 111 Å². The molecule has 1 aromatic carbocycles. The van der Waals surface area contributed by atoms with Crippen LogP contribution in [0.25, 0.3) is 0 Å². The number of nitriles is 1. The molecular formula is C14H17BrN2. The average molecular weight is 293 g/mol. The fraction of sp³-hybridized carbons (Fsp3) is 0.500. The summed E-state index contributed by atoms with van der Waals surface area (Å²) in [5, 5.41) is 9.15. The third kappa shape index (κ3) is 2.81. The van der Waals surface area contributed by atoms with Gasteiger partial charge in [0.25, 0.3) is 0 Å². The molecule has 0 spiro atoms. The van der Waals surface area contributed by atoms with Crippen LogP contribution in [0.4, 0.5) is 5.69 Å². The van der Waals surface area contributed by atoms with Crippen molar-refractivity contribution >= 4 is 21.6 Å². The summed E-state index contributed by atoms with van der Waals surface area (Å²) in [6.45, 7) is 6.71. The van der Waals surface area contributed by atoms with E-state index in [1.165, 1.54) is 12.8 Å². The minimum Gasteiger partial charge on any atom is -0.370 e. The van der Waals surface area contributed by atoms with Gasteiger partial charge in [-0.15, -0.1) is 0 Å². The van der Waals surface area contributed by atoms with E-state index in [1.54, 1.807) is 0 Å². The smallest absolute Gasteiger partial charge is 0.101 e. The molecule has 0 saturated carbocycles. The molecule has 90 valence electrons. The van der Waals surface area contributed by atoms with Gasteiger partial charge < -0.3 is 4.90 Å². The zero-order chi connectivity index (χ0) is 12.5. The number of anilines is 1. The maximum absolute atomic E-state index is 9.15. The molecule has 2 rings (SSSR count). The molecule has 1 fully saturated rings. The largest absolute Gasteiger partial charge is 0.370 e. The molecule has 0 amide bonds. The van der Waals surface area contributed by atoms with Gasteiger partial charge in [0, 0.05) is 17.6 Å². The van der Waals surface area contributed by atoms with Crippen molar-refractivity contribution in [2.45, 2.75) is 26.7 Å². The summed E-state index contributed by atoms with van der Waals surface area (Å²) in [6, 6.07) is 8.15. The van der Waals surface area contributed by atoms with Crippen molar-refractivity contribution in [1.82, 2.24) is 0 Å². The third-order valence-corrected chi connectivity index (χ3v) is 4.03. The van der Waals surface area contributed by atoms with Gasteiger partial charge in [0.15, 0.2) is 0 Å². The predicted octanol–water partition coefficient (Wildman–Crippen LogP) is 3.95. The van der Waals surface area contributed by atoms with E-state index in [-0.39, 0.29) is 0 Å². The van der Waals surface area contributed by atoms with E-state index in [2.05, 4.69) is 46.8 Å². The molecule has 1 heterocycles. The van der Waals surface area contributed by atoms with Crippen LogP contribution >= 0.6 is 15.9 Å². The molecule has 1 aliphatic heterocycles. The molecule has 0 atom stereocenters. The lowest BCUT2D eigenvalue weighted by Gasteiger charge is -2.38. The van der Waals surface area contributed by atoms with E-state index >= 15 is 0 Å². The molecule has 1 aromatic rings. The summed E-state index contributed by atoms with van der Waals surface area (Å²) >= 11 is 3.48. The van der Waals surface area contributed by atoms with Gasteiger partial charge in [-0.1, -0.05) is 29.8 Å². The monoisotopic (exact) mass is 292 g/mol. The van der Waals surface area contributed by atoms with Crippen LogP contribution in [0.1, 0.15) is 32.3 Å². The number of nitrogens with zero attached hydrogens (tertiary/aromatic N) is 2. The highest BCUT2D eigenvalue weighted by molar-refractivity contribution is 9.10. The third-order valence-electron chi connectivity index (χ3n) is 3.54.